The number of halogens is 4. The van der Waals surface area contributed by atoms with Crippen LogP contribution < -0.4 is 5.32 Å². The zero-order valence-corrected chi connectivity index (χ0v) is 12.2. The van der Waals surface area contributed by atoms with Crippen molar-refractivity contribution < 1.29 is 18.0 Å². The Morgan fingerprint density at radius 3 is 2.65 bits per heavy atom. The number of alkyl halides is 3. The van der Waals surface area contributed by atoms with E-state index in [2.05, 4.69) is 21.2 Å². The fourth-order valence-corrected chi connectivity index (χ4v) is 1.97. The summed E-state index contributed by atoms with van der Waals surface area (Å²) in [6.07, 6.45) is -3.87. The average Bonchev–Trinajstić information content (AvgIpc) is 2.37. The van der Waals surface area contributed by atoms with E-state index in [1.54, 1.807) is 6.92 Å². The molecule has 0 fully saturated rings. The van der Waals surface area contributed by atoms with Crippen LogP contribution in [0.25, 0.3) is 0 Å². The second-order valence-electron chi connectivity index (χ2n) is 4.13. The molecule has 0 aromatic heterocycles. The van der Waals surface area contributed by atoms with Gasteiger partial charge < -0.3 is 5.32 Å². The van der Waals surface area contributed by atoms with E-state index in [0.29, 0.717) is 6.42 Å². The van der Waals surface area contributed by atoms with Gasteiger partial charge in [0, 0.05) is 10.5 Å². The van der Waals surface area contributed by atoms with Crippen molar-refractivity contribution in [3.05, 3.63) is 33.8 Å². The van der Waals surface area contributed by atoms with Crippen molar-refractivity contribution in [1.82, 2.24) is 5.32 Å². The Hall–Kier alpha value is -1.55. The molecular formula is C13H12BrF3N2O. The lowest BCUT2D eigenvalue weighted by Gasteiger charge is -2.15. The first-order valence-electron chi connectivity index (χ1n) is 5.84. The van der Waals surface area contributed by atoms with E-state index in [-0.39, 0.29) is 22.5 Å². The van der Waals surface area contributed by atoms with Gasteiger partial charge in [-0.15, -0.1) is 0 Å². The van der Waals surface area contributed by atoms with Crippen LogP contribution in [0, 0.1) is 11.3 Å². The van der Waals surface area contributed by atoms with Crippen LogP contribution in [0.2, 0.25) is 0 Å². The van der Waals surface area contributed by atoms with Crippen LogP contribution in [0.3, 0.4) is 0 Å². The molecule has 1 rings (SSSR count). The largest absolute Gasteiger partial charge is 0.416 e. The predicted molar refractivity (Wildman–Crippen MR) is 70.9 cm³/mol. The van der Waals surface area contributed by atoms with Crippen molar-refractivity contribution in [3.8, 4) is 6.07 Å². The number of carbonyl (C=O) groups excluding carboxylic acids is 1. The van der Waals surface area contributed by atoms with Gasteiger partial charge in [-0.05, 0) is 40.5 Å². The number of nitrogens with zero attached hydrogens (tertiary/aromatic N) is 1. The molecule has 20 heavy (non-hydrogen) atoms. The van der Waals surface area contributed by atoms with Gasteiger partial charge >= 0.3 is 6.18 Å². The first-order valence-corrected chi connectivity index (χ1v) is 6.63. The summed E-state index contributed by atoms with van der Waals surface area (Å²) in [5.41, 5.74) is -0.990. The number of nitriles is 1. The van der Waals surface area contributed by atoms with E-state index in [4.69, 9.17) is 5.26 Å². The predicted octanol–water partition coefficient (Wildman–Crippen LogP) is 3.89. The number of carbonyl (C=O) groups is 1. The molecule has 1 amide bonds. The maximum absolute atomic E-state index is 12.6. The number of hydrogen-bond acceptors (Lipinski definition) is 2. The molecule has 1 atom stereocenters. The summed E-state index contributed by atoms with van der Waals surface area (Å²) >= 11 is 3.06. The Balaban J connectivity index is 3.01. The third kappa shape index (κ3) is 4.23. The van der Waals surface area contributed by atoms with Gasteiger partial charge in [0.2, 0.25) is 0 Å². The third-order valence-electron chi connectivity index (χ3n) is 2.70. The van der Waals surface area contributed by atoms with Crippen molar-refractivity contribution >= 4 is 21.8 Å². The number of hydrogen-bond donors (Lipinski definition) is 1. The molecule has 1 N–H and O–H groups in total. The minimum Gasteiger partial charge on any atom is -0.348 e. The number of benzene rings is 1. The lowest BCUT2D eigenvalue weighted by Crippen LogP contribution is -2.34. The summed E-state index contributed by atoms with van der Waals surface area (Å²) in [5, 5.41) is 11.1. The van der Waals surface area contributed by atoms with Gasteiger partial charge in [-0.25, -0.2) is 0 Å². The molecule has 0 saturated carbocycles. The fourth-order valence-electron chi connectivity index (χ4n) is 1.55. The van der Waals surface area contributed by atoms with Crippen LogP contribution in [0.5, 0.6) is 0 Å². The van der Waals surface area contributed by atoms with Crippen LogP contribution in [0.4, 0.5) is 13.2 Å². The smallest absolute Gasteiger partial charge is 0.348 e. The molecule has 0 heterocycles. The molecule has 7 heteroatoms. The van der Waals surface area contributed by atoms with Crippen LogP contribution >= 0.6 is 15.9 Å². The molecule has 108 valence electrons. The number of nitrogens with one attached hydrogen (secondary N) is 1. The zero-order chi connectivity index (χ0) is 15.3. The van der Waals surface area contributed by atoms with Gasteiger partial charge in [0.05, 0.1) is 23.6 Å². The Morgan fingerprint density at radius 2 is 2.15 bits per heavy atom. The fraction of sp³-hybridized carbons (Fsp3) is 0.385. The lowest BCUT2D eigenvalue weighted by atomic mass is 10.1. The molecule has 0 radical (unpaired) electrons. The van der Waals surface area contributed by atoms with Crippen molar-refractivity contribution in [2.45, 2.75) is 32.0 Å². The van der Waals surface area contributed by atoms with Gasteiger partial charge in [-0.3, -0.25) is 4.79 Å². The van der Waals surface area contributed by atoms with Crippen LogP contribution in [0.1, 0.15) is 35.7 Å². The van der Waals surface area contributed by atoms with Gasteiger partial charge in [-0.1, -0.05) is 6.92 Å². The van der Waals surface area contributed by atoms with Crippen LogP contribution in [0.15, 0.2) is 22.7 Å². The second-order valence-corrected chi connectivity index (χ2v) is 4.99. The molecule has 1 unspecified atom stereocenters. The quantitative estimate of drug-likeness (QED) is 0.897. The molecule has 1 aromatic carbocycles. The SMILES string of the molecule is CCC(CC#N)NC(=O)c1cc(C(F)(F)F)ccc1Br. The second kappa shape index (κ2) is 6.75. The molecule has 0 aliphatic carbocycles. The summed E-state index contributed by atoms with van der Waals surface area (Å²) in [6.45, 7) is 1.78. The van der Waals surface area contributed by atoms with E-state index in [0.717, 1.165) is 12.1 Å². The summed E-state index contributed by atoms with van der Waals surface area (Å²) < 4.78 is 38.1. The lowest BCUT2D eigenvalue weighted by molar-refractivity contribution is -0.137. The van der Waals surface area contributed by atoms with Gasteiger partial charge in [-0.2, -0.15) is 18.4 Å². The Morgan fingerprint density at radius 1 is 1.50 bits per heavy atom. The van der Waals surface area contributed by atoms with Gasteiger partial charge in [0.1, 0.15) is 0 Å². The molecule has 0 bridgehead atoms. The molecule has 3 nitrogen and oxygen atoms in total. The van der Waals surface area contributed by atoms with Crippen LogP contribution in [-0.2, 0) is 6.18 Å². The van der Waals surface area contributed by atoms with Crippen molar-refractivity contribution in [1.29, 1.82) is 5.26 Å². The summed E-state index contributed by atoms with van der Waals surface area (Å²) in [7, 11) is 0. The maximum atomic E-state index is 12.6. The first kappa shape index (κ1) is 16.5. The molecule has 0 saturated heterocycles. The van der Waals surface area contributed by atoms with Crippen molar-refractivity contribution in [3.63, 3.8) is 0 Å². The standard InChI is InChI=1S/C13H12BrF3N2O/c1-2-9(5-6-18)19-12(20)10-7-8(13(15,16)17)3-4-11(10)14/h3-4,7,9H,2,5H2,1H3,(H,19,20). The summed E-state index contributed by atoms with van der Waals surface area (Å²) in [6, 6.07) is 4.41. The minimum atomic E-state index is -4.51. The highest BCUT2D eigenvalue weighted by molar-refractivity contribution is 9.10. The van der Waals surface area contributed by atoms with E-state index in [9.17, 15) is 18.0 Å². The molecule has 0 aliphatic rings. The van der Waals surface area contributed by atoms with E-state index in [1.807, 2.05) is 6.07 Å². The van der Waals surface area contributed by atoms with Crippen LogP contribution in [-0.4, -0.2) is 11.9 Å². The highest BCUT2D eigenvalue weighted by Gasteiger charge is 2.31. The van der Waals surface area contributed by atoms with Crippen molar-refractivity contribution in [2.24, 2.45) is 0 Å². The molecule has 0 spiro atoms. The average molecular weight is 349 g/mol. The monoisotopic (exact) mass is 348 g/mol. The molecule has 0 aliphatic heterocycles. The van der Waals surface area contributed by atoms with E-state index < -0.39 is 17.6 Å². The molecular weight excluding hydrogens is 337 g/mol. The minimum absolute atomic E-state index is 0.101. The van der Waals surface area contributed by atoms with Gasteiger partial charge in [0.25, 0.3) is 5.91 Å². The third-order valence-corrected chi connectivity index (χ3v) is 3.40. The Labute approximate surface area is 122 Å². The Kier molecular flexibility index (Phi) is 5.57. The number of amides is 1. The van der Waals surface area contributed by atoms with E-state index in [1.165, 1.54) is 6.07 Å². The van der Waals surface area contributed by atoms with E-state index >= 15 is 0 Å². The highest BCUT2D eigenvalue weighted by Crippen LogP contribution is 2.31. The highest BCUT2D eigenvalue weighted by atomic mass is 79.9. The Bertz CT molecular complexity index is 537. The molecule has 1 aromatic rings. The number of rotatable bonds is 4. The summed E-state index contributed by atoms with van der Waals surface area (Å²) in [4.78, 5) is 12.0. The van der Waals surface area contributed by atoms with Crippen molar-refractivity contribution in [2.75, 3.05) is 0 Å². The maximum Gasteiger partial charge on any atom is 0.416 e. The summed E-state index contributed by atoms with van der Waals surface area (Å²) in [5.74, 6) is -0.634. The normalized spacial score (nSPS) is 12.6. The zero-order valence-electron chi connectivity index (χ0n) is 10.6. The topological polar surface area (TPSA) is 52.9 Å². The first-order chi connectivity index (χ1) is 9.29. The van der Waals surface area contributed by atoms with Gasteiger partial charge in [0.15, 0.2) is 0 Å².